The highest BCUT2D eigenvalue weighted by Gasteiger charge is 2.25. The van der Waals surface area contributed by atoms with Crippen LogP contribution in [0.3, 0.4) is 0 Å². The van der Waals surface area contributed by atoms with Crippen LogP contribution in [0, 0.1) is 12.8 Å². The fourth-order valence-corrected chi connectivity index (χ4v) is 3.13. The zero-order valence-corrected chi connectivity index (χ0v) is 15.8. The first-order chi connectivity index (χ1) is 10.4. The molecule has 1 N–H and O–H groups in total. The van der Waals surface area contributed by atoms with Gasteiger partial charge in [-0.1, -0.05) is 13.8 Å². The van der Waals surface area contributed by atoms with Crippen LogP contribution in [-0.2, 0) is 4.79 Å². The molecule has 6 heteroatoms. The number of nitrogens with one attached hydrogen (secondary N) is 1. The fourth-order valence-electron chi connectivity index (χ4n) is 2.30. The lowest BCUT2D eigenvalue weighted by atomic mass is 9.88. The zero-order valence-electron chi connectivity index (χ0n) is 12.6. The molecule has 2 aromatic heterocycles. The number of hydrogen-bond acceptors (Lipinski definition) is 3. The Morgan fingerprint density at radius 3 is 2.41 bits per heavy atom. The first-order valence-corrected chi connectivity index (χ1v) is 8.50. The van der Waals surface area contributed by atoms with Gasteiger partial charge in [0, 0.05) is 27.5 Å². The Labute approximate surface area is 147 Å². The summed E-state index contributed by atoms with van der Waals surface area (Å²) in [6.45, 7) is 5.96. The Morgan fingerprint density at radius 2 is 1.82 bits per heavy atom. The molecule has 0 saturated carbocycles. The van der Waals surface area contributed by atoms with E-state index >= 15 is 0 Å². The molecule has 0 spiro atoms. The SMILES string of the molecule is Cc1cc(Br)cnc1NC(=O)C(c1cncc(Br)c1)C(C)C. The first kappa shape index (κ1) is 17.1. The number of rotatable bonds is 4. The number of carbonyl (C=O) groups is 1. The van der Waals surface area contributed by atoms with E-state index < -0.39 is 0 Å². The van der Waals surface area contributed by atoms with E-state index in [4.69, 9.17) is 0 Å². The van der Waals surface area contributed by atoms with Crippen LogP contribution in [-0.4, -0.2) is 15.9 Å². The minimum atomic E-state index is -0.283. The third-order valence-electron chi connectivity index (χ3n) is 3.32. The van der Waals surface area contributed by atoms with E-state index in [1.807, 2.05) is 32.9 Å². The lowest BCUT2D eigenvalue weighted by Crippen LogP contribution is -2.26. The smallest absolute Gasteiger partial charge is 0.233 e. The van der Waals surface area contributed by atoms with Crippen molar-refractivity contribution >= 4 is 43.6 Å². The van der Waals surface area contributed by atoms with E-state index in [2.05, 4.69) is 47.1 Å². The van der Waals surface area contributed by atoms with E-state index in [0.29, 0.717) is 5.82 Å². The Bertz CT molecular complexity index is 689. The van der Waals surface area contributed by atoms with E-state index in [-0.39, 0.29) is 17.7 Å². The summed E-state index contributed by atoms with van der Waals surface area (Å²) in [5, 5.41) is 2.92. The average Bonchev–Trinajstić information content (AvgIpc) is 2.42. The van der Waals surface area contributed by atoms with E-state index in [0.717, 1.165) is 20.1 Å². The molecule has 0 fully saturated rings. The largest absolute Gasteiger partial charge is 0.310 e. The number of aryl methyl sites for hydroxylation is 1. The summed E-state index contributed by atoms with van der Waals surface area (Å²) in [5.74, 6) is 0.372. The van der Waals surface area contributed by atoms with Crippen molar-refractivity contribution in [1.82, 2.24) is 9.97 Å². The number of nitrogens with zero attached hydrogens (tertiary/aromatic N) is 2. The number of aromatic nitrogens is 2. The van der Waals surface area contributed by atoms with E-state index in [1.54, 1.807) is 18.6 Å². The predicted molar refractivity (Wildman–Crippen MR) is 94.8 cm³/mol. The van der Waals surface area contributed by atoms with Gasteiger partial charge in [0.05, 0.1) is 5.92 Å². The summed E-state index contributed by atoms with van der Waals surface area (Å²) in [5.41, 5.74) is 1.80. The molecule has 0 aliphatic heterocycles. The van der Waals surface area contributed by atoms with E-state index in [9.17, 15) is 4.79 Å². The monoisotopic (exact) mass is 425 g/mol. The third kappa shape index (κ3) is 4.14. The Hall–Kier alpha value is -1.27. The fraction of sp³-hybridized carbons (Fsp3) is 0.312. The summed E-state index contributed by atoms with van der Waals surface area (Å²) in [6.07, 6.45) is 5.11. The second kappa shape index (κ2) is 7.33. The summed E-state index contributed by atoms with van der Waals surface area (Å²) in [6, 6.07) is 3.85. The Balaban J connectivity index is 2.27. The van der Waals surface area contributed by atoms with Gasteiger partial charge in [0.15, 0.2) is 0 Å². The van der Waals surface area contributed by atoms with Gasteiger partial charge in [0.25, 0.3) is 0 Å². The van der Waals surface area contributed by atoms with Crippen LogP contribution in [0.1, 0.15) is 30.9 Å². The van der Waals surface area contributed by atoms with Gasteiger partial charge < -0.3 is 5.32 Å². The lowest BCUT2D eigenvalue weighted by molar-refractivity contribution is -0.118. The summed E-state index contributed by atoms with van der Waals surface area (Å²) < 4.78 is 1.75. The van der Waals surface area contributed by atoms with Crippen LogP contribution >= 0.6 is 31.9 Å². The van der Waals surface area contributed by atoms with Crippen LogP contribution in [0.15, 0.2) is 39.7 Å². The molecule has 1 amide bonds. The second-order valence-electron chi connectivity index (χ2n) is 5.47. The molecule has 0 aliphatic rings. The number of halogens is 2. The predicted octanol–water partition coefficient (Wildman–Crippen LogP) is 4.69. The molecule has 116 valence electrons. The lowest BCUT2D eigenvalue weighted by Gasteiger charge is -2.21. The molecule has 2 aromatic rings. The summed E-state index contributed by atoms with van der Waals surface area (Å²) >= 11 is 6.77. The van der Waals surface area contributed by atoms with Gasteiger partial charge in [-0.3, -0.25) is 9.78 Å². The van der Waals surface area contributed by atoms with Gasteiger partial charge in [-0.25, -0.2) is 4.98 Å². The van der Waals surface area contributed by atoms with Crippen LogP contribution in [0.5, 0.6) is 0 Å². The molecule has 4 nitrogen and oxygen atoms in total. The van der Waals surface area contributed by atoms with Crippen LogP contribution in [0.2, 0.25) is 0 Å². The molecule has 1 unspecified atom stereocenters. The van der Waals surface area contributed by atoms with Gasteiger partial charge in [-0.15, -0.1) is 0 Å². The van der Waals surface area contributed by atoms with Crippen molar-refractivity contribution in [3.63, 3.8) is 0 Å². The summed E-state index contributed by atoms with van der Waals surface area (Å²) in [4.78, 5) is 21.1. The molecule has 0 aromatic carbocycles. The van der Waals surface area contributed by atoms with Gasteiger partial charge in [-0.2, -0.15) is 0 Å². The molecule has 0 radical (unpaired) electrons. The van der Waals surface area contributed by atoms with Crippen molar-refractivity contribution in [2.45, 2.75) is 26.7 Å². The van der Waals surface area contributed by atoms with Gasteiger partial charge in [0.1, 0.15) is 5.82 Å². The Kier molecular flexibility index (Phi) is 5.69. The summed E-state index contributed by atoms with van der Waals surface area (Å²) in [7, 11) is 0. The zero-order chi connectivity index (χ0) is 16.3. The number of amides is 1. The highest BCUT2D eigenvalue weighted by molar-refractivity contribution is 9.10. The molecular weight excluding hydrogens is 410 g/mol. The first-order valence-electron chi connectivity index (χ1n) is 6.92. The maximum absolute atomic E-state index is 12.7. The van der Waals surface area contributed by atoms with Gasteiger partial charge in [0.2, 0.25) is 5.91 Å². The van der Waals surface area contributed by atoms with Crippen molar-refractivity contribution in [3.8, 4) is 0 Å². The highest BCUT2D eigenvalue weighted by atomic mass is 79.9. The topological polar surface area (TPSA) is 54.9 Å². The molecule has 0 aliphatic carbocycles. The molecule has 2 rings (SSSR count). The maximum Gasteiger partial charge on any atom is 0.233 e. The standard InChI is InChI=1S/C16H17Br2N3O/c1-9(2)14(11-5-13(18)7-19-6-11)16(22)21-15-10(3)4-12(17)8-20-15/h4-9,14H,1-3H3,(H,20,21,22). The minimum Gasteiger partial charge on any atom is -0.310 e. The molecule has 1 atom stereocenters. The molecule has 22 heavy (non-hydrogen) atoms. The van der Waals surface area contributed by atoms with Crippen molar-refractivity contribution in [2.24, 2.45) is 5.92 Å². The van der Waals surface area contributed by atoms with Crippen LogP contribution in [0.25, 0.3) is 0 Å². The molecule has 0 bridgehead atoms. The minimum absolute atomic E-state index is 0.0761. The van der Waals surface area contributed by atoms with Crippen molar-refractivity contribution in [2.75, 3.05) is 5.32 Å². The van der Waals surface area contributed by atoms with E-state index in [1.165, 1.54) is 0 Å². The normalized spacial score (nSPS) is 12.3. The third-order valence-corrected chi connectivity index (χ3v) is 4.19. The number of carbonyl (C=O) groups excluding carboxylic acids is 1. The molecular formula is C16H17Br2N3O. The maximum atomic E-state index is 12.7. The second-order valence-corrected chi connectivity index (χ2v) is 7.30. The number of hydrogen-bond donors (Lipinski definition) is 1. The molecule has 2 heterocycles. The van der Waals surface area contributed by atoms with Crippen LogP contribution < -0.4 is 5.32 Å². The van der Waals surface area contributed by atoms with Crippen molar-refractivity contribution < 1.29 is 4.79 Å². The quantitative estimate of drug-likeness (QED) is 0.771. The van der Waals surface area contributed by atoms with Crippen molar-refractivity contribution in [1.29, 1.82) is 0 Å². The van der Waals surface area contributed by atoms with Gasteiger partial charge >= 0.3 is 0 Å². The van der Waals surface area contributed by atoms with Gasteiger partial charge in [-0.05, 0) is 68.0 Å². The average molecular weight is 427 g/mol. The van der Waals surface area contributed by atoms with Crippen molar-refractivity contribution in [3.05, 3.63) is 50.8 Å². The molecule has 0 saturated heterocycles. The van der Waals surface area contributed by atoms with Crippen LogP contribution in [0.4, 0.5) is 5.82 Å². The number of pyridine rings is 2. The Morgan fingerprint density at radius 1 is 1.14 bits per heavy atom. The highest BCUT2D eigenvalue weighted by Crippen LogP contribution is 2.28. The number of anilines is 1.